The van der Waals surface area contributed by atoms with Gasteiger partial charge in [-0.3, -0.25) is 4.68 Å². The van der Waals surface area contributed by atoms with Gasteiger partial charge in [0.25, 0.3) is 0 Å². The van der Waals surface area contributed by atoms with Crippen LogP contribution in [-0.4, -0.2) is 51.6 Å². The van der Waals surface area contributed by atoms with E-state index in [4.69, 9.17) is 10.8 Å². The fourth-order valence-electron chi connectivity index (χ4n) is 4.08. The highest BCUT2D eigenvalue weighted by Crippen LogP contribution is 2.43. The number of amides is 2. The minimum absolute atomic E-state index is 0.0277. The van der Waals surface area contributed by atoms with E-state index in [-0.39, 0.29) is 11.4 Å². The van der Waals surface area contributed by atoms with Crippen LogP contribution in [0.15, 0.2) is 23.2 Å². The molecule has 1 fully saturated rings. The lowest BCUT2D eigenvalue weighted by atomic mass is 9.82. The first kappa shape index (κ1) is 17.2. The summed E-state index contributed by atoms with van der Waals surface area (Å²) in [6.45, 7) is 5.07. The van der Waals surface area contributed by atoms with Crippen LogP contribution >= 0.6 is 11.8 Å². The largest absolute Gasteiger partial charge is 0.383 e. The molecule has 4 heterocycles. The molecule has 0 bridgehead atoms. The average molecular weight is 372 g/mol. The fourth-order valence-corrected chi connectivity index (χ4v) is 4.59. The first-order valence-corrected chi connectivity index (χ1v) is 10.2. The number of nitrogens with one attached hydrogen (secondary N) is 1. The molecule has 0 saturated carbocycles. The van der Waals surface area contributed by atoms with E-state index in [0.29, 0.717) is 12.4 Å². The van der Waals surface area contributed by atoms with E-state index in [0.717, 1.165) is 48.6 Å². The Bertz CT molecular complexity index is 850. The van der Waals surface area contributed by atoms with Gasteiger partial charge in [0.15, 0.2) is 0 Å². The Balaban J connectivity index is 1.62. The number of carbonyl (C=O) groups is 1. The summed E-state index contributed by atoms with van der Waals surface area (Å²) in [6.07, 6.45) is 5.82. The molecular weight excluding hydrogens is 348 g/mol. The van der Waals surface area contributed by atoms with Gasteiger partial charge < -0.3 is 16.0 Å². The Labute approximate surface area is 157 Å². The Kier molecular flexibility index (Phi) is 4.30. The van der Waals surface area contributed by atoms with Crippen LogP contribution in [0.25, 0.3) is 11.3 Å². The summed E-state index contributed by atoms with van der Waals surface area (Å²) in [6, 6.07) is 4.26. The maximum absolute atomic E-state index is 12.2. The monoisotopic (exact) mass is 372 g/mol. The van der Waals surface area contributed by atoms with E-state index in [1.54, 1.807) is 18.0 Å². The van der Waals surface area contributed by atoms with Crippen molar-refractivity contribution >= 4 is 23.6 Å². The summed E-state index contributed by atoms with van der Waals surface area (Å²) >= 11 is 1.59. The number of urea groups is 1. The van der Waals surface area contributed by atoms with Gasteiger partial charge in [-0.05, 0) is 38.2 Å². The van der Waals surface area contributed by atoms with E-state index in [2.05, 4.69) is 21.0 Å². The number of fused-ring (bicyclic) bond motifs is 2. The number of nitrogens with zero attached hydrogens (tertiary/aromatic N) is 4. The molecule has 1 saturated heterocycles. The number of nitrogens with two attached hydrogens (primary N) is 1. The second-order valence-corrected chi connectivity index (χ2v) is 7.83. The molecule has 3 N–H and O–H groups in total. The molecule has 8 heteroatoms. The van der Waals surface area contributed by atoms with Crippen LogP contribution in [0.5, 0.6) is 0 Å². The zero-order valence-corrected chi connectivity index (χ0v) is 16.0. The lowest BCUT2D eigenvalue weighted by Gasteiger charge is -2.23. The molecule has 1 unspecified atom stereocenters. The summed E-state index contributed by atoms with van der Waals surface area (Å²) in [5, 5.41) is 7.71. The van der Waals surface area contributed by atoms with Crippen molar-refractivity contribution in [1.29, 1.82) is 0 Å². The van der Waals surface area contributed by atoms with Crippen molar-refractivity contribution in [1.82, 2.24) is 25.0 Å². The van der Waals surface area contributed by atoms with Gasteiger partial charge in [-0.25, -0.2) is 9.78 Å². The molecule has 2 aliphatic rings. The summed E-state index contributed by atoms with van der Waals surface area (Å²) in [7, 11) is 0. The molecule has 1 atom stereocenters. The number of thioether (sulfide) groups is 1. The lowest BCUT2D eigenvalue weighted by Crippen LogP contribution is -2.40. The normalized spacial score (nSPS) is 21.4. The highest BCUT2D eigenvalue weighted by Gasteiger charge is 2.46. The standard InChI is InChI=1S/C18H24N6OS/c1-3-20-17(25)23-6-4-18(11-23)5-7-24-15(18)9-13(22-24)12-8-14(26-2)16(19)21-10-12/h8-10H,3-7,11H2,1-2H3,(H2,19,21)(H,20,25). The number of carbonyl (C=O) groups excluding carboxylic acids is 1. The van der Waals surface area contributed by atoms with Gasteiger partial charge in [0.1, 0.15) is 5.82 Å². The van der Waals surface area contributed by atoms with E-state index in [9.17, 15) is 4.79 Å². The lowest BCUT2D eigenvalue weighted by molar-refractivity contribution is 0.206. The van der Waals surface area contributed by atoms with Crippen LogP contribution in [0.1, 0.15) is 25.5 Å². The Morgan fingerprint density at radius 3 is 2.96 bits per heavy atom. The molecule has 0 radical (unpaired) electrons. The third-order valence-electron chi connectivity index (χ3n) is 5.49. The van der Waals surface area contributed by atoms with Gasteiger partial charge in [0.05, 0.1) is 5.69 Å². The first-order valence-electron chi connectivity index (χ1n) is 8.97. The van der Waals surface area contributed by atoms with Crippen LogP contribution in [0.4, 0.5) is 10.6 Å². The number of hydrogen-bond donors (Lipinski definition) is 2. The number of pyridine rings is 1. The molecule has 2 aromatic heterocycles. The van der Waals surface area contributed by atoms with Gasteiger partial charge in [-0.1, -0.05) is 0 Å². The number of aryl methyl sites for hydroxylation is 1. The van der Waals surface area contributed by atoms with Crippen LogP contribution in [0, 0.1) is 0 Å². The van der Waals surface area contributed by atoms with Crippen molar-refractivity contribution in [2.75, 3.05) is 31.6 Å². The molecular formula is C18H24N6OS. The van der Waals surface area contributed by atoms with Gasteiger partial charge in [0.2, 0.25) is 0 Å². The molecule has 26 heavy (non-hydrogen) atoms. The van der Waals surface area contributed by atoms with Crippen molar-refractivity contribution in [3.05, 3.63) is 24.0 Å². The molecule has 0 aromatic carbocycles. The third-order valence-corrected chi connectivity index (χ3v) is 6.26. The fraction of sp³-hybridized carbons (Fsp3) is 0.500. The zero-order chi connectivity index (χ0) is 18.3. The van der Waals surface area contributed by atoms with Gasteiger partial charge in [-0.15, -0.1) is 11.8 Å². The van der Waals surface area contributed by atoms with Gasteiger partial charge >= 0.3 is 6.03 Å². The van der Waals surface area contributed by atoms with Crippen molar-refractivity contribution in [2.24, 2.45) is 0 Å². The summed E-state index contributed by atoms with van der Waals surface area (Å²) in [4.78, 5) is 19.4. The SMILES string of the molecule is CCNC(=O)N1CCC2(CCn3nc(-c4cnc(N)c(SC)c4)cc32)C1. The molecule has 7 nitrogen and oxygen atoms in total. The molecule has 2 amide bonds. The van der Waals surface area contributed by atoms with Crippen molar-refractivity contribution in [3.8, 4) is 11.3 Å². The van der Waals surface area contributed by atoms with E-state index in [1.165, 1.54) is 5.69 Å². The van der Waals surface area contributed by atoms with Gasteiger partial charge in [-0.2, -0.15) is 5.10 Å². The quantitative estimate of drug-likeness (QED) is 0.807. The smallest absolute Gasteiger partial charge is 0.317 e. The topological polar surface area (TPSA) is 89.1 Å². The number of hydrogen-bond acceptors (Lipinski definition) is 5. The van der Waals surface area contributed by atoms with Crippen LogP contribution < -0.4 is 11.1 Å². The van der Waals surface area contributed by atoms with Gasteiger partial charge in [0, 0.05) is 53.9 Å². The number of anilines is 1. The summed E-state index contributed by atoms with van der Waals surface area (Å²) < 4.78 is 2.10. The van der Waals surface area contributed by atoms with Crippen molar-refractivity contribution in [3.63, 3.8) is 0 Å². The molecule has 2 aromatic rings. The third kappa shape index (κ3) is 2.72. The summed E-state index contributed by atoms with van der Waals surface area (Å²) in [5.41, 5.74) is 9.09. The zero-order valence-electron chi connectivity index (χ0n) is 15.2. The van der Waals surface area contributed by atoms with Crippen LogP contribution in [0.2, 0.25) is 0 Å². The molecule has 1 spiro atoms. The number of rotatable bonds is 3. The molecule has 4 rings (SSSR count). The number of nitrogen functional groups attached to an aromatic ring is 1. The highest BCUT2D eigenvalue weighted by molar-refractivity contribution is 7.98. The second kappa shape index (κ2) is 6.50. The predicted molar refractivity (Wildman–Crippen MR) is 103 cm³/mol. The molecule has 138 valence electrons. The average Bonchev–Trinajstić information content (AvgIpc) is 3.33. The predicted octanol–water partition coefficient (Wildman–Crippen LogP) is 2.33. The number of aromatic nitrogens is 3. The van der Waals surface area contributed by atoms with Crippen molar-refractivity contribution < 1.29 is 4.79 Å². The summed E-state index contributed by atoms with van der Waals surface area (Å²) in [5.74, 6) is 0.554. The second-order valence-electron chi connectivity index (χ2n) is 6.99. The van der Waals surface area contributed by atoms with Crippen LogP contribution in [0.3, 0.4) is 0 Å². The maximum atomic E-state index is 12.2. The minimum Gasteiger partial charge on any atom is -0.383 e. The molecule has 0 aliphatic carbocycles. The minimum atomic E-state index is 0.0277. The first-order chi connectivity index (χ1) is 12.6. The highest BCUT2D eigenvalue weighted by atomic mass is 32.2. The number of likely N-dealkylation sites (tertiary alicyclic amines) is 1. The maximum Gasteiger partial charge on any atom is 0.317 e. The van der Waals surface area contributed by atoms with E-state index < -0.39 is 0 Å². The van der Waals surface area contributed by atoms with Crippen LogP contribution in [-0.2, 0) is 12.0 Å². The van der Waals surface area contributed by atoms with Crippen molar-refractivity contribution in [2.45, 2.75) is 36.6 Å². The molecule has 2 aliphatic heterocycles. The Hall–Kier alpha value is -2.22. The Morgan fingerprint density at radius 1 is 1.38 bits per heavy atom. The van der Waals surface area contributed by atoms with E-state index >= 15 is 0 Å². The van der Waals surface area contributed by atoms with E-state index in [1.807, 2.05) is 24.1 Å². The Morgan fingerprint density at radius 2 is 2.19 bits per heavy atom.